The van der Waals surface area contributed by atoms with Crippen molar-refractivity contribution in [2.45, 2.75) is 6.42 Å². The Hall–Kier alpha value is -1.35. The van der Waals surface area contributed by atoms with Gasteiger partial charge in [0.2, 0.25) is 0 Å². The lowest BCUT2D eigenvalue weighted by Gasteiger charge is -1.96. The topological polar surface area (TPSA) is 25.2 Å². The van der Waals surface area contributed by atoms with E-state index in [9.17, 15) is 4.39 Å². The van der Waals surface area contributed by atoms with E-state index >= 15 is 0 Å². The summed E-state index contributed by atoms with van der Waals surface area (Å²) in [5.74, 6) is -0.228. The van der Waals surface area contributed by atoms with Crippen LogP contribution in [0.15, 0.2) is 24.4 Å². The first-order valence-electron chi connectivity index (χ1n) is 4.56. The molecule has 0 saturated heterocycles. The molecular weight excluding hydrogens is 181 g/mol. The Bertz CT molecular complexity index is 462. The van der Waals surface area contributed by atoms with Crippen molar-refractivity contribution in [2.75, 3.05) is 6.61 Å². The van der Waals surface area contributed by atoms with Crippen molar-refractivity contribution in [2.24, 2.45) is 7.05 Å². The molecule has 1 aromatic carbocycles. The van der Waals surface area contributed by atoms with E-state index in [1.54, 1.807) is 6.07 Å². The number of nitrogens with zero attached hydrogens (tertiary/aromatic N) is 1. The number of aromatic nitrogens is 1. The van der Waals surface area contributed by atoms with Crippen LogP contribution in [0.4, 0.5) is 4.39 Å². The van der Waals surface area contributed by atoms with Crippen molar-refractivity contribution in [1.82, 2.24) is 4.57 Å². The van der Waals surface area contributed by atoms with E-state index in [1.165, 1.54) is 12.1 Å². The van der Waals surface area contributed by atoms with Gasteiger partial charge in [-0.1, -0.05) is 0 Å². The molecule has 0 aliphatic carbocycles. The van der Waals surface area contributed by atoms with E-state index in [0.717, 1.165) is 16.5 Å². The number of aliphatic hydroxyl groups is 1. The molecule has 0 aliphatic heterocycles. The lowest BCUT2D eigenvalue weighted by Crippen LogP contribution is -1.88. The van der Waals surface area contributed by atoms with Crippen LogP contribution < -0.4 is 0 Å². The van der Waals surface area contributed by atoms with E-state index in [0.29, 0.717) is 6.42 Å². The van der Waals surface area contributed by atoms with Crippen molar-refractivity contribution >= 4 is 10.9 Å². The Balaban J connectivity index is 2.65. The zero-order chi connectivity index (χ0) is 10.1. The summed E-state index contributed by atoms with van der Waals surface area (Å²) in [5, 5.41) is 9.88. The van der Waals surface area contributed by atoms with Gasteiger partial charge in [-0.2, -0.15) is 0 Å². The second kappa shape index (κ2) is 3.42. The molecule has 0 saturated carbocycles. The van der Waals surface area contributed by atoms with Gasteiger partial charge in [0.1, 0.15) is 5.82 Å². The fourth-order valence-corrected chi connectivity index (χ4v) is 1.76. The molecular formula is C11H12FNO. The first kappa shape index (κ1) is 9.21. The molecule has 0 spiro atoms. The molecule has 2 aromatic rings. The van der Waals surface area contributed by atoms with Crippen LogP contribution in [0.2, 0.25) is 0 Å². The maximum absolute atomic E-state index is 12.9. The lowest BCUT2D eigenvalue weighted by atomic mass is 10.1. The van der Waals surface area contributed by atoms with Gasteiger partial charge in [-0.3, -0.25) is 0 Å². The van der Waals surface area contributed by atoms with Crippen molar-refractivity contribution < 1.29 is 9.50 Å². The summed E-state index contributed by atoms with van der Waals surface area (Å²) >= 11 is 0. The van der Waals surface area contributed by atoms with Gasteiger partial charge >= 0.3 is 0 Å². The summed E-state index contributed by atoms with van der Waals surface area (Å²) in [6.45, 7) is 0.122. The van der Waals surface area contributed by atoms with E-state index in [-0.39, 0.29) is 12.4 Å². The second-order valence-corrected chi connectivity index (χ2v) is 3.40. The number of aliphatic hydroxyl groups excluding tert-OH is 1. The highest BCUT2D eigenvalue weighted by Crippen LogP contribution is 2.21. The van der Waals surface area contributed by atoms with Crippen LogP contribution in [-0.4, -0.2) is 16.3 Å². The number of rotatable bonds is 2. The smallest absolute Gasteiger partial charge is 0.125 e. The molecule has 74 valence electrons. The maximum atomic E-state index is 12.9. The summed E-state index contributed by atoms with van der Waals surface area (Å²) in [7, 11) is 1.88. The average Bonchev–Trinajstić information content (AvgIpc) is 2.44. The fourth-order valence-electron chi connectivity index (χ4n) is 1.76. The number of halogens is 1. The van der Waals surface area contributed by atoms with Crippen molar-refractivity contribution in [3.8, 4) is 0 Å². The normalized spacial score (nSPS) is 11.1. The minimum atomic E-state index is -0.228. The van der Waals surface area contributed by atoms with Crippen LogP contribution >= 0.6 is 0 Å². The number of fused-ring (bicyclic) bond motifs is 1. The molecule has 0 atom stereocenters. The molecule has 1 heterocycles. The quantitative estimate of drug-likeness (QED) is 0.773. The Kier molecular flexibility index (Phi) is 2.25. The number of benzene rings is 1. The van der Waals surface area contributed by atoms with Gasteiger partial charge in [0.05, 0.1) is 5.52 Å². The molecule has 0 radical (unpaired) electrons. The van der Waals surface area contributed by atoms with Gasteiger partial charge < -0.3 is 9.67 Å². The first-order valence-corrected chi connectivity index (χ1v) is 4.56. The monoisotopic (exact) mass is 193 g/mol. The third kappa shape index (κ3) is 1.40. The summed E-state index contributed by atoms with van der Waals surface area (Å²) < 4.78 is 14.8. The van der Waals surface area contributed by atoms with Crippen molar-refractivity contribution in [3.63, 3.8) is 0 Å². The Morgan fingerprint density at radius 3 is 2.93 bits per heavy atom. The predicted octanol–water partition coefficient (Wildman–Crippen LogP) is 1.85. The van der Waals surface area contributed by atoms with Crippen LogP contribution in [0.5, 0.6) is 0 Å². The van der Waals surface area contributed by atoms with E-state index in [4.69, 9.17) is 5.11 Å². The van der Waals surface area contributed by atoms with Crippen LogP contribution in [0.25, 0.3) is 10.9 Å². The third-order valence-electron chi connectivity index (χ3n) is 2.42. The standard InChI is InChI=1S/C11H12FNO/c1-13-7-8(4-5-14)10-3-2-9(12)6-11(10)13/h2-3,6-7,14H,4-5H2,1H3. The largest absolute Gasteiger partial charge is 0.396 e. The summed E-state index contributed by atoms with van der Waals surface area (Å²) in [5.41, 5.74) is 1.93. The third-order valence-corrected chi connectivity index (χ3v) is 2.42. The minimum Gasteiger partial charge on any atom is -0.396 e. The zero-order valence-electron chi connectivity index (χ0n) is 8.00. The van der Waals surface area contributed by atoms with E-state index in [1.807, 2.05) is 17.8 Å². The molecule has 2 rings (SSSR count). The lowest BCUT2D eigenvalue weighted by molar-refractivity contribution is 0.300. The molecule has 0 bridgehead atoms. The van der Waals surface area contributed by atoms with Gasteiger partial charge in [0.25, 0.3) is 0 Å². The SMILES string of the molecule is Cn1cc(CCO)c2ccc(F)cc21. The minimum absolute atomic E-state index is 0.122. The van der Waals surface area contributed by atoms with Crippen LogP contribution in [0.3, 0.4) is 0 Å². The molecule has 0 aliphatic rings. The van der Waals surface area contributed by atoms with Gasteiger partial charge in [0.15, 0.2) is 0 Å². The molecule has 1 N–H and O–H groups in total. The Morgan fingerprint density at radius 1 is 1.43 bits per heavy atom. The highest BCUT2D eigenvalue weighted by molar-refractivity contribution is 5.84. The molecule has 2 nitrogen and oxygen atoms in total. The number of aryl methyl sites for hydroxylation is 1. The number of hydrogen-bond acceptors (Lipinski definition) is 1. The molecule has 0 unspecified atom stereocenters. The molecule has 1 aromatic heterocycles. The Labute approximate surface area is 81.6 Å². The molecule has 3 heteroatoms. The first-order chi connectivity index (χ1) is 6.72. The predicted molar refractivity (Wildman–Crippen MR) is 53.7 cm³/mol. The van der Waals surface area contributed by atoms with Crippen LogP contribution in [0.1, 0.15) is 5.56 Å². The summed E-state index contributed by atoms with van der Waals surface area (Å²) in [4.78, 5) is 0. The summed E-state index contributed by atoms with van der Waals surface area (Å²) in [6.07, 6.45) is 2.54. The van der Waals surface area contributed by atoms with Crippen LogP contribution in [0, 0.1) is 5.82 Å². The summed E-state index contributed by atoms with van der Waals surface area (Å²) in [6, 6.07) is 4.72. The van der Waals surface area contributed by atoms with Gasteiger partial charge in [-0.15, -0.1) is 0 Å². The van der Waals surface area contributed by atoms with Crippen molar-refractivity contribution in [1.29, 1.82) is 0 Å². The van der Waals surface area contributed by atoms with E-state index in [2.05, 4.69) is 0 Å². The highest BCUT2D eigenvalue weighted by Gasteiger charge is 2.06. The van der Waals surface area contributed by atoms with Gasteiger partial charge in [-0.25, -0.2) is 4.39 Å². The second-order valence-electron chi connectivity index (χ2n) is 3.40. The molecule has 0 fully saturated rings. The average molecular weight is 193 g/mol. The molecule has 14 heavy (non-hydrogen) atoms. The fraction of sp³-hybridized carbons (Fsp3) is 0.273. The Morgan fingerprint density at radius 2 is 2.21 bits per heavy atom. The van der Waals surface area contributed by atoms with Gasteiger partial charge in [0, 0.05) is 25.2 Å². The van der Waals surface area contributed by atoms with E-state index < -0.39 is 0 Å². The molecule has 0 amide bonds. The van der Waals surface area contributed by atoms with Crippen molar-refractivity contribution in [3.05, 3.63) is 35.8 Å². The number of hydrogen-bond donors (Lipinski definition) is 1. The highest BCUT2D eigenvalue weighted by atomic mass is 19.1. The zero-order valence-corrected chi connectivity index (χ0v) is 8.00. The van der Waals surface area contributed by atoms with Gasteiger partial charge in [-0.05, 0) is 30.2 Å². The maximum Gasteiger partial charge on any atom is 0.125 e. The van der Waals surface area contributed by atoms with Crippen LogP contribution in [-0.2, 0) is 13.5 Å².